The number of carbonyl (C=O) groups is 2. The first-order chi connectivity index (χ1) is 7.74. The van der Waals surface area contributed by atoms with Gasteiger partial charge < -0.3 is 15.6 Å². The van der Waals surface area contributed by atoms with Crippen LogP contribution in [0.3, 0.4) is 0 Å². The van der Waals surface area contributed by atoms with Gasteiger partial charge in [0.05, 0.1) is 13.0 Å². The zero-order chi connectivity index (χ0) is 13.5. The highest BCUT2D eigenvalue weighted by atomic mass is 16.6. The lowest BCUT2D eigenvalue weighted by Crippen LogP contribution is -2.36. The molecule has 3 N–H and O–H groups in total. The van der Waals surface area contributed by atoms with Crippen molar-refractivity contribution in [2.24, 2.45) is 5.73 Å². The number of esters is 1. The third kappa shape index (κ3) is 9.77. The number of nitrogens with zero attached hydrogens (tertiary/aromatic N) is 1. The van der Waals surface area contributed by atoms with E-state index < -0.39 is 11.6 Å². The number of hydrogen-bond acceptors (Lipinski definition) is 5. The Morgan fingerprint density at radius 1 is 1.29 bits per heavy atom. The molecule has 0 bridgehead atoms. The van der Waals surface area contributed by atoms with E-state index in [0.717, 1.165) is 0 Å². The summed E-state index contributed by atoms with van der Waals surface area (Å²) in [5, 5.41) is 8.66. The van der Waals surface area contributed by atoms with Crippen molar-refractivity contribution in [1.29, 1.82) is 0 Å². The summed E-state index contributed by atoms with van der Waals surface area (Å²) in [6.07, 6.45) is 0.171. The fourth-order valence-corrected chi connectivity index (χ4v) is 1.29. The number of carbonyl (C=O) groups excluding carboxylic acids is 1. The SMILES string of the molecule is CC(C)(C)OC(=O)CCN(CCN)CC(=O)O. The molecule has 0 aliphatic carbocycles. The number of nitrogens with two attached hydrogens (primary N) is 1. The van der Waals surface area contributed by atoms with Gasteiger partial charge in [0.15, 0.2) is 0 Å². The third-order valence-corrected chi connectivity index (χ3v) is 1.86. The van der Waals surface area contributed by atoms with Gasteiger partial charge in [0.1, 0.15) is 5.60 Å². The minimum atomic E-state index is -0.928. The van der Waals surface area contributed by atoms with E-state index in [-0.39, 0.29) is 18.9 Å². The van der Waals surface area contributed by atoms with Crippen LogP contribution in [0.4, 0.5) is 0 Å². The van der Waals surface area contributed by atoms with Gasteiger partial charge in [0.25, 0.3) is 0 Å². The molecule has 0 aromatic rings. The number of ether oxygens (including phenoxy) is 1. The maximum Gasteiger partial charge on any atom is 0.317 e. The number of carboxylic acid groups (broad SMARTS) is 1. The smallest absolute Gasteiger partial charge is 0.317 e. The molecule has 0 saturated carbocycles. The first kappa shape index (κ1) is 15.9. The van der Waals surface area contributed by atoms with E-state index in [1.807, 2.05) is 0 Å². The van der Waals surface area contributed by atoms with Gasteiger partial charge in [0.2, 0.25) is 0 Å². The van der Waals surface area contributed by atoms with Crippen LogP contribution in [0.5, 0.6) is 0 Å². The van der Waals surface area contributed by atoms with Crippen LogP contribution in [0.1, 0.15) is 27.2 Å². The Kier molecular flexibility index (Phi) is 6.75. The quantitative estimate of drug-likeness (QED) is 0.617. The summed E-state index contributed by atoms with van der Waals surface area (Å²) >= 11 is 0. The molecule has 0 aromatic carbocycles. The van der Waals surface area contributed by atoms with E-state index in [9.17, 15) is 9.59 Å². The van der Waals surface area contributed by atoms with Crippen LogP contribution in [0.15, 0.2) is 0 Å². The van der Waals surface area contributed by atoms with E-state index in [1.165, 1.54) is 0 Å². The Hall–Kier alpha value is -1.14. The summed E-state index contributed by atoms with van der Waals surface area (Å²) in [6, 6.07) is 0. The van der Waals surface area contributed by atoms with Crippen molar-refractivity contribution in [3.05, 3.63) is 0 Å². The van der Waals surface area contributed by atoms with Gasteiger partial charge in [-0.15, -0.1) is 0 Å². The Bertz CT molecular complexity index is 261. The van der Waals surface area contributed by atoms with Crippen molar-refractivity contribution in [1.82, 2.24) is 4.90 Å². The van der Waals surface area contributed by atoms with E-state index in [0.29, 0.717) is 19.6 Å². The van der Waals surface area contributed by atoms with Crippen LogP contribution >= 0.6 is 0 Å². The lowest BCUT2D eigenvalue weighted by atomic mass is 10.2. The van der Waals surface area contributed by atoms with E-state index in [2.05, 4.69) is 0 Å². The second-order valence-corrected chi connectivity index (χ2v) is 4.80. The van der Waals surface area contributed by atoms with Crippen LogP contribution in [-0.2, 0) is 14.3 Å². The van der Waals surface area contributed by atoms with Gasteiger partial charge in [-0.2, -0.15) is 0 Å². The number of rotatable bonds is 7. The molecule has 0 radical (unpaired) electrons. The highest BCUT2D eigenvalue weighted by Gasteiger charge is 2.17. The fourth-order valence-electron chi connectivity index (χ4n) is 1.29. The topological polar surface area (TPSA) is 92.9 Å². The summed E-state index contributed by atoms with van der Waals surface area (Å²) < 4.78 is 5.13. The van der Waals surface area contributed by atoms with Crippen molar-refractivity contribution in [3.63, 3.8) is 0 Å². The monoisotopic (exact) mass is 246 g/mol. The van der Waals surface area contributed by atoms with Crippen molar-refractivity contribution in [3.8, 4) is 0 Å². The Balaban J connectivity index is 4.03. The van der Waals surface area contributed by atoms with Gasteiger partial charge >= 0.3 is 11.9 Å². The molecular formula is C11H22N2O4. The van der Waals surface area contributed by atoms with Gasteiger partial charge in [-0.3, -0.25) is 14.5 Å². The molecule has 0 atom stereocenters. The average molecular weight is 246 g/mol. The second kappa shape index (κ2) is 7.24. The minimum absolute atomic E-state index is 0.111. The normalized spacial score (nSPS) is 11.6. The van der Waals surface area contributed by atoms with Crippen LogP contribution in [0.25, 0.3) is 0 Å². The maximum absolute atomic E-state index is 11.4. The lowest BCUT2D eigenvalue weighted by Gasteiger charge is -2.22. The summed E-state index contributed by atoms with van der Waals surface area (Å²) in [7, 11) is 0. The Morgan fingerprint density at radius 3 is 2.29 bits per heavy atom. The second-order valence-electron chi connectivity index (χ2n) is 4.80. The Morgan fingerprint density at radius 2 is 1.88 bits per heavy atom. The van der Waals surface area contributed by atoms with Gasteiger partial charge in [-0.1, -0.05) is 0 Å². The molecule has 17 heavy (non-hydrogen) atoms. The zero-order valence-electron chi connectivity index (χ0n) is 10.7. The van der Waals surface area contributed by atoms with Crippen LogP contribution in [0, 0.1) is 0 Å². The summed E-state index contributed by atoms with van der Waals surface area (Å²) in [5.41, 5.74) is 4.85. The molecule has 6 heteroatoms. The Labute approximate surface area is 102 Å². The van der Waals surface area contributed by atoms with Crippen LogP contribution in [-0.4, -0.2) is 53.7 Å². The lowest BCUT2D eigenvalue weighted by molar-refractivity contribution is -0.155. The maximum atomic E-state index is 11.4. The molecule has 0 rings (SSSR count). The third-order valence-electron chi connectivity index (χ3n) is 1.86. The summed E-state index contributed by atoms with van der Waals surface area (Å²) in [6.45, 7) is 6.43. The standard InChI is InChI=1S/C11H22N2O4/c1-11(2,3)17-10(16)4-6-13(7-5-12)8-9(14)15/h4-8,12H2,1-3H3,(H,14,15). The van der Waals surface area contributed by atoms with E-state index >= 15 is 0 Å². The molecule has 0 saturated heterocycles. The van der Waals surface area contributed by atoms with Crippen LogP contribution in [0.2, 0.25) is 0 Å². The molecule has 0 fully saturated rings. The molecule has 0 aliphatic rings. The largest absolute Gasteiger partial charge is 0.480 e. The molecule has 0 aliphatic heterocycles. The number of carboxylic acids is 1. The number of hydrogen-bond donors (Lipinski definition) is 2. The molecule has 100 valence electrons. The highest BCUT2D eigenvalue weighted by Crippen LogP contribution is 2.08. The zero-order valence-corrected chi connectivity index (χ0v) is 10.7. The summed E-state index contributed by atoms with van der Waals surface area (Å²) in [4.78, 5) is 23.6. The molecular weight excluding hydrogens is 224 g/mol. The van der Waals surface area contributed by atoms with Crippen LogP contribution < -0.4 is 5.73 Å². The first-order valence-electron chi connectivity index (χ1n) is 5.60. The fraction of sp³-hybridized carbons (Fsp3) is 0.818. The van der Waals surface area contributed by atoms with Crippen molar-refractivity contribution < 1.29 is 19.4 Å². The first-order valence-corrected chi connectivity index (χ1v) is 5.60. The molecule has 0 amide bonds. The van der Waals surface area contributed by atoms with Crippen molar-refractivity contribution in [2.75, 3.05) is 26.2 Å². The average Bonchev–Trinajstić information content (AvgIpc) is 2.11. The van der Waals surface area contributed by atoms with Crippen molar-refractivity contribution in [2.45, 2.75) is 32.8 Å². The molecule has 0 aromatic heterocycles. The number of aliphatic carboxylic acids is 1. The molecule has 0 unspecified atom stereocenters. The summed E-state index contributed by atoms with van der Waals surface area (Å²) in [5.74, 6) is -1.26. The minimum Gasteiger partial charge on any atom is -0.480 e. The van der Waals surface area contributed by atoms with Crippen molar-refractivity contribution >= 4 is 11.9 Å². The predicted molar refractivity (Wildman–Crippen MR) is 63.6 cm³/mol. The predicted octanol–water partition coefficient (Wildman–Crippen LogP) is 0.0635. The highest BCUT2D eigenvalue weighted by molar-refractivity contribution is 5.71. The van der Waals surface area contributed by atoms with E-state index in [4.69, 9.17) is 15.6 Å². The van der Waals surface area contributed by atoms with Gasteiger partial charge in [-0.25, -0.2) is 0 Å². The van der Waals surface area contributed by atoms with E-state index in [1.54, 1.807) is 25.7 Å². The van der Waals surface area contributed by atoms with Gasteiger partial charge in [-0.05, 0) is 20.8 Å². The molecule has 6 nitrogen and oxygen atoms in total. The molecule has 0 spiro atoms. The molecule has 0 heterocycles. The van der Waals surface area contributed by atoms with Gasteiger partial charge in [0, 0.05) is 19.6 Å².